The summed E-state index contributed by atoms with van der Waals surface area (Å²) in [5.74, 6) is 0.615. The molecule has 4 N–H and O–H groups in total. The van der Waals surface area contributed by atoms with Gasteiger partial charge in [-0.15, -0.1) is 12.4 Å². The molecule has 2 aromatic carbocycles. The van der Waals surface area contributed by atoms with Gasteiger partial charge in [0.2, 0.25) is 0 Å². The summed E-state index contributed by atoms with van der Waals surface area (Å²) in [5, 5.41) is 24.4. The van der Waals surface area contributed by atoms with Gasteiger partial charge in [0.25, 0.3) is 0 Å². The van der Waals surface area contributed by atoms with E-state index in [0.717, 1.165) is 46.3 Å². The number of aliphatic hydroxyl groups is 2. The number of H-pyrrole nitrogens is 1. The summed E-state index contributed by atoms with van der Waals surface area (Å²) in [7, 11) is 0. The number of unbranched alkanes of at least 4 members (excludes halogenated alkanes) is 1. The number of fused-ring (bicyclic) bond motifs is 2. The largest absolute Gasteiger partial charge is 0.492 e. The van der Waals surface area contributed by atoms with Crippen molar-refractivity contribution in [3.05, 3.63) is 52.0 Å². The lowest BCUT2D eigenvalue weighted by molar-refractivity contribution is 0.152. The Morgan fingerprint density at radius 3 is 2.71 bits per heavy atom. The molecule has 1 unspecified atom stereocenters. The number of likely N-dealkylation sites (tertiary alicyclic amines) is 1. The molecule has 6 nitrogen and oxygen atoms in total. The second-order valence-electron chi connectivity index (χ2n) is 9.13. The van der Waals surface area contributed by atoms with E-state index in [0.29, 0.717) is 30.3 Å². The Morgan fingerprint density at radius 2 is 1.91 bits per heavy atom. The highest BCUT2D eigenvalue weighted by Gasteiger charge is 2.29. The molecule has 2 aliphatic rings. The zero-order valence-corrected chi connectivity index (χ0v) is 20.9. The van der Waals surface area contributed by atoms with Gasteiger partial charge in [0.1, 0.15) is 12.0 Å². The molecule has 8 heteroatoms. The number of benzene rings is 2. The Hall–Kier alpha value is -1.80. The Bertz CT molecular complexity index is 1130. The van der Waals surface area contributed by atoms with Crippen molar-refractivity contribution in [3.8, 4) is 17.0 Å². The second-order valence-corrected chi connectivity index (χ2v) is 9.51. The molecule has 0 radical (unpaired) electrons. The first-order valence-electron chi connectivity index (χ1n) is 12.0. The lowest BCUT2D eigenvalue weighted by atomic mass is 9.99. The zero-order chi connectivity index (χ0) is 22.8. The van der Waals surface area contributed by atoms with Crippen LogP contribution in [0.3, 0.4) is 0 Å². The van der Waals surface area contributed by atoms with Crippen LogP contribution in [-0.2, 0) is 13.1 Å². The smallest absolute Gasteiger partial charge is 0.138 e. The number of hydrogen-bond donors (Lipinski definition) is 4. The van der Waals surface area contributed by atoms with Crippen LogP contribution in [0.2, 0.25) is 5.02 Å². The number of rotatable bonds is 8. The van der Waals surface area contributed by atoms with Crippen LogP contribution < -0.4 is 10.1 Å². The molecule has 1 atom stereocenters. The maximum absolute atomic E-state index is 10.6. The standard InChI is InChI=1S/C26H32ClN3O3.ClH/c27-25-20-15-28-26(32)24(20)19(14-23(25)33-11-5-4-10-31)22-13-18-12-17(6-7-21(18)29-22)16-30-8-2-1-3-9-30;/h6-7,12-14,26,28-29,31-32H,1-5,8-11,15-16H2;1H. The molecular weight excluding hydrogens is 473 g/mol. The number of halogens is 2. The van der Waals surface area contributed by atoms with Crippen LogP contribution in [0.1, 0.15) is 55.0 Å². The SMILES string of the molecule is Cl.OCCCCOc1cc(-c2cc3cc(CN4CCCCC4)ccc3[nH]2)c2c(c1Cl)CNC2O. The highest BCUT2D eigenvalue weighted by atomic mass is 35.5. The molecule has 0 bridgehead atoms. The van der Waals surface area contributed by atoms with Gasteiger partial charge in [0.15, 0.2) is 0 Å². The molecule has 1 aromatic heterocycles. The van der Waals surface area contributed by atoms with E-state index in [4.69, 9.17) is 21.4 Å². The van der Waals surface area contributed by atoms with E-state index < -0.39 is 6.23 Å². The van der Waals surface area contributed by atoms with Crippen molar-refractivity contribution in [2.24, 2.45) is 0 Å². The Balaban J connectivity index is 0.00000274. The molecule has 1 saturated heterocycles. The Morgan fingerprint density at radius 1 is 1.09 bits per heavy atom. The Labute approximate surface area is 211 Å². The van der Waals surface area contributed by atoms with Crippen molar-refractivity contribution in [1.29, 1.82) is 0 Å². The van der Waals surface area contributed by atoms with Gasteiger partial charge in [-0.25, -0.2) is 0 Å². The van der Waals surface area contributed by atoms with Crippen LogP contribution in [0, 0.1) is 0 Å². The highest BCUT2D eigenvalue weighted by Crippen LogP contribution is 2.43. The molecule has 5 rings (SSSR count). The van der Waals surface area contributed by atoms with Crippen LogP contribution in [0.4, 0.5) is 0 Å². The van der Waals surface area contributed by atoms with Gasteiger partial charge >= 0.3 is 0 Å². The summed E-state index contributed by atoms with van der Waals surface area (Å²) in [5.41, 5.74) is 5.92. The molecule has 1 fully saturated rings. The lowest BCUT2D eigenvalue weighted by Gasteiger charge is -2.26. The van der Waals surface area contributed by atoms with Gasteiger partial charge in [0.05, 0.1) is 11.6 Å². The van der Waals surface area contributed by atoms with Crippen molar-refractivity contribution >= 4 is 34.9 Å². The number of aromatic nitrogens is 1. The van der Waals surface area contributed by atoms with E-state index in [9.17, 15) is 5.11 Å². The first-order valence-corrected chi connectivity index (χ1v) is 12.4. The fraction of sp³-hybridized carbons (Fsp3) is 0.462. The minimum absolute atomic E-state index is 0. The molecular formula is C26H33Cl2N3O3. The number of aliphatic hydroxyl groups excluding tert-OH is 2. The molecule has 0 spiro atoms. The van der Waals surface area contributed by atoms with E-state index >= 15 is 0 Å². The van der Waals surface area contributed by atoms with Crippen molar-refractivity contribution in [1.82, 2.24) is 15.2 Å². The Kier molecular flexibility index (Phi) is 8.40. The summed E-state index contributed by atoms with van der Waals surface area (Å²) in [6, 6.07) is 10.7. The molecule has 0 amide bonds. The zero-order valence-electron chi connectivity index (χ0n) is 19.3. The maximum atomic E-state index is 10.6. The molecule has 0 aliphatic carbocycles. The van der Waals surface area contributed by atoms with Crippen molar-refractivity contribution < 1.29 is 14.9 Å². The minimum atomic E-state index is -0.767. The van der Waals surface area contributed by atoms with E-state index in [1.807, 2.05) is 6.07 Å². The average Bonchev–Trinajstić information content (AvgIpc) is 3.42. The third-order valence-electron chi connectivity index (χ3n) is 6.76. The maximum Gasteiger partial charge on any atom is 0.138 e. The van der Waals surface area contributed by atoms with E-state index in [2.05, 4.69) is 39.5 Å². The lowest BCUT2D eigenvalue weighted by Crippen LogP contribution is -2.28. The van der Waals surface area contributed by atoms with Crippen LogP contribution in [0.25, 0.3) is 22.2 Å². The minimum Gasteiger partial charge on any atom is -0.492 e. The number of aromatic amines is 1. The van der Waals surface area contributed by atoms with Gasteiger partial charge < -0.3 is 19.9 Å². The fourth-order valence-corrected chi connectivity index (χ4v) is 5.29. The highest BCUT2D eigenvalue weighted by molar-refractivity contribution is 6.33. The number of piperidine rings is 1. The second kappa shape index (κ2) is 11.3. The molecule has 34 heavy (non-hydrogen) atoms. The predicted molar refractivity (Wildman–Crippen MR) is 139 cm³/mol. The average molecular weight is 506 g/mol. The predicted octanol–water partition coefficient (Wildman–Crippen LogP) is 5.14. The van der Waals surface area contributed by atoms with Gasteiger partial charge in [-0.2, -0.15) is 0 Å². The first kappa shape index (κ1) is 25.3. The summed E-state index contributed by atoms with van der Waals surface area (Å²) in [6.45, 7) is 4.48. The number of nitrogens with zero attached hydrogens (tertiary/aromatic N) is 1. The first-order chi connectivity index (χ1) is 16.1. The van der Waals surface area contributed by atoms with E-state index in [-0.39, 0.29) is 19.0 Å². The molecule has 3 heterocycles. The van der Waals surface area contributed by atoms with E-state index in [1.165, 1.54) is 37.9 Å². The van der Waals surface area contributed by atoms with Gasteiger partial charge in [0, 0.05) is 47.4 Å². The number of nitrogens with one attached hydrogen (secondary N) is 2. The normalized spacial score (nSPS) is 18.1. The number of hydrogen-bond acceptors (Lipinski definition) is 5. The summed E-state index contributed by atoms with van der Waals surface area (Å²) in [6.07, 6.45) is 4.61. The number of ether oxygens (including phenoxy) is 1. The van der Waals surface area contributed by atoms with Gasteiger partial charge in [-0.05, 0) is 74.2 Å². The third-order valence-corrected chi connectivity index (χ3v) is 7.17. The van der Waals surface area contributed by atoms with Crippen molar-refractivity contribution in [3.63, 3.8) is 0 Å². The van der Waals surface area contributed by atoms with Crippen molar-refractivity contribution in [2.45, 2.75) is 51.4 Å². The quantitative estimate of drug-likeness (QED) is 0.318. The summed E-state index contributed by atoms with van der Waals surface area (Å²) < 4.78 is 5.97. The van der Waals surface area contributed by atoms with Gasteiger partial charge in [-0.3, -0.25) is 10.2 Å². The fourth-order valence-electron chi connectivity index (χ4n) is 5.01. The summed E-state index contributed by atoms with van der Waals surface area (Å²) >= 11 is 6.64. The topological polar surface area (TPSA) is 80.8 Å². The van der Waals surface area contributed by atoms with E-state index in [1.54, 1.807) is 0 Å². The molecule has 3 aromatic rings. The van der Waals surface area contributed by atoms with Gasteiger partial charge in [-0.1, -0.05) is 24.1 Å². The molecule has 184 valence electrons. The van der Waals surface area contributed by atoms with Crippen LogP contribution in [0.15, 0.2) is 30.3 Å². The molecule has 0 saturated carbocycles. The molecule has 2 aliphatic heterocycles. The summed E-state index contributed by atoms with van der Waals surface area (Å²) in [4.78, 5) is 6.07. The van der Waals surface area contributed by atoms with Crippen LogP contribution >= 0.6 is 24.0 Å². The van der Waals surface area contributed by atoms with Crippen LogP contribution in [0.5, 0.6) is 5.75 Å². The third kappa shape index (κ3) is 5.23. The monoisotopic (exact) mass is 505 g/mol. The van der Waals surface area contributed by atoms with Crippen LogP contribution in [-0.4, -0.2) is 46.4 Å². The van der Waals surface area contributed by atoms with Crippen molar-refractivity contribution in [2.75, 3.05) is 26.3 Å².